The summed E-state index contributed by atoms with van der Waals surface area (Å²) in [5, 5.41) is 6.05. The van der Waals surface area contributed by atoms with Crippen molar-refractivity contribution >= 4 is 38.8 Å². The molecule has 1 aliphatic heterocycles. The molecule has 0 bridgehead atoms. The number of amides is 1. The second-order valence-electron chi connectivity index (χ2n) is 7.01. The molecule has 1 atom stereocenters. The average molecular weight is 477 g/mol. The van der Waals surface area contributed by atoms with Crippen LogP contribution in [-0.2, 0) is 4.79 Å². The zero-order valence-electron chi connectivity index (χ0n) is 16.2. The Morgan fingerprint density at radius 2 is 1.81 bits per heavy atom. The maximum atomic E-state index is 12.5. The van der Waals surface area contributed by atoms with E-state index in [-0.39, 0.29) is 6.61 Å². The number of benzene rings is 3. The van der Waals surface area contributed by atoms with Crippen molar-refractivity contribution in [3.63, 3.8) is 0 Å². The molecule has 0 radical (unpaired) electrons. The summed E-state index contributed by atoms with van der Waals surface area (Å²) in [5.41, 5.74) is 3.43. The van der Waals surface area contributed by atoms with Gasteiger partial charge in [0.2, 0.25) is 6.10 Å². The maximum absolute atomic E-state index is 12.5. The van der Waals surface area contributed by atoms with Gasteiger partial charge in [0.05, 0.1) is 6.21 Å². The first-order chi connectivity index (χ1) is 15.2. The first kappa shape index (κ1) is 19.4. The normalized spacial score (nSPS) is 15.3. The topological polar surface area (TPSA) is 73.1 Å². The van der Waals surface area contributed by atoms with Crippen molar-refractivity contribution in [3.05, 3.63) is 83.0 Å². The van der Waals surface area contributed by atoms with Crippen LogP contribution in [-0.4, -0.2) is 24.8 Å². The number of hydrogen-bond donors (Lipinski definition) is 1. The minimum atomic E-state index is -0.792. The standard InChI is InChI=1S/C24H17BrN2O4/c25-18-7-3-6-17(10-18)20-9-8-19(30-20)13-26-27-24(28)23-14-29-21-11-15-4-1-2-5-16(15)12-22(21)31-23/h1-13,23H,14H2,(H,27,28)/b26-13+/t23-/m1/s1. The lowest BCUT2D eigenvalue weighted by Gasteiger charge is -2.25. The molecule has 1 amide bonds. The predicted octanol–water partition coefficient (Wildman–Crippen LogP) is 5.15. The van der Waals surface area contributed by atoms with Crippen molar-refractivity contribution in [2.45, 2.75) is 6.10 Å². The third-order valence-corrected chi connectivity index (χ3v) is 5.36. The van der Waals surface area contributed by atoms with Crippen LogP contribution in [0.1, 0.15) is 5.76 Å². The summed E-state index contributed by atoms with van der Waals surface area (Å²) in [6, 6.07) is 23.1. The van der Waals surface area contributed by atoms with Crippen LogP contribution in [0.25, 0.3) is 22.1 Å². The smallest absolute Gasteiger partial charge is 0.284 e. The van der Waals surface area contributed by atoms with Crippen molar-refractivity contribution in [2.75, 3.05) is 6.61 Å². The number of furan rings is 1. The van der Waals surface area contributed by atoms with Crippen molar-refractivity contribution in [3.8, 4) is 22.8 Å². The van der Waals surface area contributed by atoms with Crippen LogP contribution in [0.4, 0.5) is 0 Å². The van der Waals surface area contributed by atoms with Crippen LogP contribution in [0.5, 0.6) is 11.5 Å². The summed E-state index contributed by atoms with van der Waals surface area (Å²) < 4.78 is 18.3. The Morgan fingerprint density at radius 3 is 2.61 bits per heavy atom. The SMILES string of the molecule is O=C(N/N=C/c1ccc(-c2cccc(Br)c2)o1)[C@H]1COc2cc3ccccc3cc2O1. The molecule has 0 saturated carbocycles. The van der Waals surface area contributed by atoms with E-state index < -0.39 is 12.0 Å². The van der Waals surface area contributed by atoms with Gasteiger partial charge < -0.3 is 13.9 Å². The van der Waals surface area contributed by atoms with Crippen LogP contribution >= 0.6 is 15.9 Å². The largest absolute Gasteiger partial charge is 0.485 e. The number of nitrogens with zero attached hydrogens (tertiary/aromatic N) is 1. The molecule has 0 unspecified atom stereocenters. The van der Waals surface area contributed by atoms with Crippen LogP contribution in [0.15, 0.2) is 86.8 Å². The van der Waals surface area contributed by atoms with Crippen molar-refractivity contribution in [2.24, 2.45) is 5.10 Å². The Morgan fingerprint density at radius 1 is 1.00 bits per heavy atom. The van der Waals surface area contributed by atoms with E-state index in [1.54, 1.807) is 6.07 Å². The molecule has 31 heavy (non-hydrogen) atoms. The zero-order valence-corrected chi connectivity index (χ0v) is 17.8. The lowest BCUT2D eigenvalue weighted by molar-refractivity contribution is -0.130. The molecule has 3 aromatic carbocycles. The van der Waals surface area contributed by atoms with Crippen molar-refractivity contribution in [1.29, 1.82) is 0 Å². The number of nitrogens with one attached hydrogen (secondary N) is 1. The Labute approximate surface area is 186 Å². The third-order valence-electron chi connectivity index (χ3n) is 4.87. The second-order valence-corrected chi connectivity index (χ2v) is 7.93. The predicted molar refractivity (Wildman–Crippen MR) is 121 cm³/mol. The van der Waals surface area contributed by atoms with Gasteiger partial charge in [0.1, 0.15) is 18.1 Å². The lowest BCUT2D eigenvalue weighted by Crippen LogP contribution is -2.42. The highest BCUT2D eigenvalue weighted by molar-refractivity contribution is 9.10. The quantitative estimate of drug-likeness (QED) is 0.326. The average Bonchev–Trinajstić information content (AvgIpc) is 3.26. The molecule has 1 aromatic heterocycles. The van der Waals surface area contributed by atoms with Gasteiger partial charge >= 0.3 is 0 Å². The molecule has 4 aromatic rings. The van der Waals surface area contributed by atoms with Gasteiger partial charge in [-0.3, -0.25) is 4.79 Å². The zero-order chi connectivity index (χ0) is 21.2. The molecule has 6 nitrogen and oxygen atoms in total. The number of fused-ring (bicyclic) bond motifs is 2. The van der Waals surface area contributed by atoms with Crippen molar-refractivity contribution in [1.82, 2.24) is 5.43 Å². The van der Waals surface area contributed by atoms with Crippen LogP contribution in [0.2, 0.25) is 0 Å². The van der Waals surface area contributed by atoms with E-state index >= 15 is 0 Å². The van der Waals surface area contributed by atoms with Crippen LogP contribution < -0.4 is 14.9 Å². The molecule has 0 aliphatic carbocycles. The molecule has 1 N–H and O–H groups in total. The summed E-state index contributed by atoms with van der Waals surface area (Å²) in [6.45, 7) is 0.112. The summed E-state index contributed by atoms with van der Waals surface area (Å²) in [5.74, 6) is 2.00. The number of halogens is 1. The van der Waals surface area contributed by atoms with Gasteiger partial charge in [0, 0.05) is 10.0 Å². The molecular formula is C24H17BrN2O4. The van der Waals surface area contributed by atoms with E-state index in [0.717, 1.165) is 20.8 Å². The monoisotopic (exact) mass is 476 g/mol. The molecule has 0 saturated heterocycles. The molecule has 1 aliphatic rings. The molecular weight excluding hydrogens is 460 g/mol. The van der Waals surface area contributed by atoms with Gasteiger partial charge in [0.15, 0.2) is 11.5 Å². The van der Waals surface area contributed by atoms with Gasteiger partial charge in [-0.25, -0.2) is 5.43 Å². The van der Waals surface area contributed by atoms with E-state index in [0.29, 0.717) is 23.0 Å². The minimum absolute atomic E-state index is 0.112. The van der Waals surface area contributed by atoms with Crippen LogP contribution in [0, 0.1) is 0 Å². The molecule has 0 fully saturated rings. The molecule has 5 rings (SSSR count). The highest BCUT2D eigenvalue weighted by Gasteiger charge is 2.27. The fourth-order valence-corrected chi connectivity index (χ4v) is 3.74. The maximum Gasteiger partial charge on any atom is 0.284 e. The highest BCUT2D eigenvalue weighted by Crippen LogP contribution is 2.35. The van der Waals surface area contributed by atoms with Gasteiger partial charge in [0.25, 0.3) is 5.91 Å². The summed E-state index contributed by atoms with van der Waals surface area (Å²) in [4.78, 5) is 12.5. The Hall–Kier alpha value is -3.58. The molecule has 2 heterocycles. The lowest BCUT2D eigenvalue weighted by atomic mass is 10.1. The summed E-state index contributed by atoms with van der Waals surface area (Å²) in [7, 11) is 0. The molecule has 7 heteroatoms. The fraction of sp³-hybridized carbons (Fsp3) is 0.0833. The third kappa shape index (κ3) is 4.18. The first-order valence-electron chi connectivity index (χ1n) is 9.67. The van der Waals surface area contributed by atoms with Crippen molar-refractivity contribution < 1.29 is 18.7 Å². The van der Waals surface area contributed by atoms with E-state index in [9.17, 15) is 4.79 Å². The van der Waals surface area contributed by atoms with E-state index in [1.165, 1.54) is 6.21 Å². The van der Waals surface area contributed by atoms with Gasteiger partial charge in [-0.1, -0.05) is 52.3 Å². The highest BCUT2D eigenvalue weighted by atomic mass is 79.9. The van der Waals surface area contributed by atoms with E-state index in [1.807, 2.05) is 66.7 Å². The van der Waals surface area contributed by atoms with Crippen LogP contribution in [0.3, 0.4) is 0 Å². The van der Waals surface area contributed by atoms with Gasteiger partial charge in [-0.05, 0) is 47.2 Å². The first-order valence-corrected chi connectivity index (χ1v) is 10.5. The van der Waals surface area contributed by atoms with E-state index in [2.05, 4.69) is 26.5 Å². The molecule has 154 valence electrons. The second kappa shape index (κ2) is 8.28. The Balaban J connectivity index is 1.23. The number of ether oxygens (including phenoxy) is 2. The Bertz CT molecular complexity index is 1300. The van der Waals surface area contributed by atoms with Gasteiger partial charge in [-0.2, -0.15) is 5.10 Å². The number of hydrogen-bond acceptors (Lipinski definition) is 5. The number of rotatable bonds is 4. The number of carbonyl (C=O) groups is 1. The Kier molecular flexibility index (Phi) is 5.18. The number of carbonyl (C=O) groups excluding carboxylic acids is 1. The minimum Gasteiger partial charge on any atom is -0.485 e. The summed E-state index contributed by atoms with van der Waals surface area (Å²) in [6.07, 6.45) is 0.657. The fourth-order valence-electron chi connectivity index (χ4n) is 3.34. The summed E-state index contributed by atoms with van der Waals surface area (Å²) >= 11 is 3.45. The molecule has 0 spiro atoms. The number of hydrazone groups is 1. The van der Waals surface area contributed by atoms with Gasteiger partial charge in [-0.15, -0.1) is 0 Å². The van der Waals surface area contributed by atoms with E-state index in [4.69, 9.17) is 13.9 Å².